The van der Waals surface area contributed by atoms with E-state index in [4.69, 9.17) is 4.74 Å². The van der Waals surface area contributed by atoms with Crippen molar-refractivity contribution >= 4 is 11.5 Å². The van der Waals surface area contributed by atoms with E-state index >= 15 is 0 Å². The maximum Gasteiger partial charge on any atom is 0.272 e. The van der Waals surface area contributed by atoms with E-state index in [1.807, 2.05) is 26.0 Å². The van der Waals surface area contributed by atoms with E-state index < -0.39 is 4.92 Å². The minimum Gasteiger partial charge on any atom is -0.485 e. The first-order chi connectivity index (χ1) is 10.4. The Kier molecular flexibility index (Phi) is 4.56. The number of ketones is 1. The number of aryl methyl sites for hydroxylation is 3. The summed E-state index contributed by atoms with van der Waals surface area (Å²) in [5.41, 5.74) is 3.17. The van der Waals surface area contributed by atoms with Crippen molar-refractivity contribution in [3.63, 3.8) is 0 Å². The Morgan fingerprint density at radius 1 is 1.09 bits per heavy atom. The lowest BCUT2D eigenvalue weighted by atomic mass is 10.0. The Labute approximate surface area is 128 Å². The standard InChI is InChI=1S/C17H17NO4/c1-11-4-6-15(12(2)8-11)17(19)10-22-14-5-7-16(18(20)21)13(3)9-14/h4-9H,10H2,1-3H3. The molecule has 0 atom stereocenters. The molecule has 0 N–H and O–H groups in total. The first kappa shape index (κ1) is 15.7. The van der Waals surface area contributed by atoms with Crippen molar-refractivity contribution in [3.05, 3.63) is 68.8 Å². The van der Waals surface area contributed by atoms with Crippen molar-refractivity contribution in [2.75, 3.05) is 6.61 Å². The number of Topliss-reactive ketones (excluding diaryl/α,β-unsaturated/α-hetero) is 1. The average Bonchev–Trinajstić information content (AvgIpc) is 2.44. The molecule has 0 heterocycles. The average molecular weight is 299 g/mol. The Hall–Kier alpha value is -2.69. The van der Waals surface area contributed by atoms with Crippen molar-refractivity contribution in [1.82, 2.24) is 0 Å². The van der Waals surface area contributed by atoms with Crippen molar-refractivity contribution < 1.29 is 14.5 Å². The van der Waals surface area contributed by atoms with E-state index in [1.165, 1.54) is 12.1 Å². The third-order valence-corrected chi connectivity index (χ3v) is 3.42. The number of hydrogen-bond donors (Lipinski definition) is 0. The number of carbonyl (C=O) groups excluding carboxylic acids is 1. The number of nitro groups is 1. The van der Waals surface area contributed by atoms with E-state index in [9.17, 15) is 14.9 Å². The van der Waals surface area contributed by atoms with Gasteiger partial charge in [0.1, 0.15) is 5.75 Å². The molecule has 0 unspecified atom stereocenters. The molecule has 5 nitrogen and oxygen atoms in total. The lowest BCUT2D eigenvalue weighted by molar-refractivity contribution is -0.385. The van der Waals surface area contributed by atoms with Gasteiger partial charge in [0.15, 0.2) is 12.4 Å². The molecule has 0 aliphatic rings. The summed E-state index contributed by atoms with van der Waals surface area (Å²) in [5.74, 6) is 0.328. The van der Waals surface area contributed by atoms with Gasteiger partial charge in [0.05, 0.1) is 4.92 Å². The molecule has 2 aromatic carbocycles. The summed E-state index contributed by atoms with van der Waals surface area (Å²) in [6.45, 7) is 5.39. The molecule has 5 heteroatoms. The Balaban J connectivity index is 2.08. The fraction of sp³-hybridized carbons (Fsp3) is 0.235. The normalized spacial score (nSPS) is 10.3. The molecule has 0 saturated carbocycles. The molecule has 0 spiro atoms. The zero-order valence-electron chi connectivity index (χ0n) is 12.8. The van der Waals surface area contributed by atoms with Crippen LogP contribution in [0.2, 0.25) is 0 Å². The van der Waals surface area contributed by atoms with E-state index in [0.29, 0.717) is 16.9 Å². The van der Waals surface area contributed by atoms with Gasteiger partial charge in [-0.15, -0.1) is 0 Å². The third kappa shape index (κ3) is 3.49. The zero-order valence-corrected chi connectivity index (χ0v) is 12.8. The van der Waals surface area contributed by atoms with Crippen molar-refractivity contribution in [3.8, 4) is 5.75 Å². The highest BCUT2D eigenvalue weighted by molar-refractivity contribution is 5.98. The van der Waals surface area contributed by atoms with Gasteiger partial charge in [0.25, 0.3) is 5.69 Å². The Bertz CT molecular complexity index is 737. The molecule has 0 aromatic heterocycles. The van der Waals surface area contributed by atoms with Crippen LogP contribution in [0.4, 0.5) is 5.69 Å². The number of hydrogen-bond acceptors (Lipinski definition) is 4. The molecule has 114 valence electrons. The van der Waals surface area contributed by atoms with Crippen LogP contribution in [0, 0.1) is 30.9 Å². The summed E-state index contributed by atoms with van der Waals surface area (Å²) in [7, 11) is 0. The molecular weight excluding hydrogens is 282 g/mol. The molecule has 22 heavy (non-hydrogen) atoms. The minimum atomic E-state index is -0.445. The second kappa shape index (κ2) is 6.39. The fourth-order valence-corrected chi connectivity index (χ4v) is 2.28. The molecule has 0 amide bonds. The smallest absolute Gasteiger partial charge is 0.272 e. The SMILES string of the molecule is Cc1ccc(C(=O)COc2ccc([N+](=O)[O-])c(C)c2)c(C)c1. The zero-order chi connectivity index (χ0) is 16.3. The van der Waals surface area contributed by atoms with Crippen LogP contribution in [-0.4, -0.2) is 17.3 Å². The number of carbonyl (C=O) groups is 1. The quantitative estimate of drug-likeness (QED) is 0.478. The topological polar surface area (TPSA) is 69.4 Å². The number of nitrogens with zero attached hydrogens (tertiary/aromatic N) is 1. The van der Waals surface area contributed by atoms with Crippen LogP contribution in [0.5, 0.6) is 5.75 Å². The van der Waals surface area contributed by atoms with Gasteiger partial charge in [0.2, 0.25) is 0 Å². The van der Waals surface area contributed by atoms with Crippen LogP contribution < -0.4 is 4.74 Å². The summed E-state index contributed by atoms with van der Waals surface area (Å²) in [5, 5.41) is 10.8. The maximum atomic E-state index is 12.2. The third-order valence-electron chi connectivity index (χ3n) is 3.42. The van der Waals surface area contributed by atoms with Gasteiger partial charge in [-0.25, -0.2) is 0 Å². The summed E-state index contributed by atoms with van der Waals surface area (Å²) in [6.07, 6.45) is 0. The maximum absolute atomic E-state index is 12.2. The minimum absolute atomic E-state index is 0.0352. The molecule has 0 fully saturated rings. The lowest BCUT2D eigenvalue weighted by Gasteiger charge is -2.09. The first-order valence-electron chi connectivity index (χ1n) is 6.87. The van der Waals surface area contributed by atoms with Gasteiger partial charge in [-0.05, 0) is 38.5 Å². The van der Waals surface area contributed by atoms with Gasteiger partial charge in [0, 0.05) is 17.2 Å². The van der Waals surface area contributed by atoms with Crippen LogP contribution in [0.3, 0.4) is 0 Å². The van der Waals surface area contributed by atoms with Crippen molar-refractivity contribution in [2.45, 2.75) is 20.8 Å². The fourth-order valence-electron chi connectivity index (χ4n) is 2.28. The number of ether oxygens (including phenoxy) is 1. The van der Waals surface area contributed by atoms with Crippen LogP contribution in [0.25, 0.3) is 0 Å². The van der Waals surface area contributed by atoms with E-state index in [1.54, 1.807) is 19.1 Å². The van der Waals surface area contributed by atoms with Gasteiger partial charge >= 0.3 is 0 Å². The predicted molar refractivity (Wildman–Crippen MR) is 83.6 cm³/mol. The second-order valence-electron chi connectivity index (χ2n) is 5.24. The molecular formula is C17H17NO4. The molecule has 0 aliphatic heterocycles. The monoisotopic (exact) mass is 299 g/mol. The molecule has 0 bridgehead atoms. The van der Waals surface area contributed by atoms with Gasteiger partial charge in [-0.2, -0.15) is 0 Å². The van der Waals surface area contributed by atoms with Crippen LogP contribution in [-0.2, 0) is 0 Å². The Morgan fingerprint density at radius 3 is 2.41 bits per heavy atom. The van der Waals surface area contributed by atoms with Crippen LogP contribution in [0.15, 0.2) is 36.4 Å². The van der Waals surface area contributed by atoms with E-state index in [2.05, 4.69) is 0 Å². The first-order valence-corrected chi connectivity index (χ1v) is 6.87. The second-order valence-corrected chi connectivity index (χ2v) is 5.24. The number of rotatable bonds is 5. The van der Waals surface area contributed by atoms with Gasteiger partial charge < -0.3 is 4.74 Å². The molecule has 0 radical (unpaired) electrons. The van der Waals surface area contributed by atoms with Crippen LogP contribution in [0.1, 0.15) is 27.0 Å². The highest BCUT2D eigenvalue weighted by atomic mass is 16.6. The largest absolute Gasteiger partial charge is 0.485 e. The Morgan fingerprint density at radius 2 is 1.82 bits per heavy atom. The predicted octanol–water partition coefficient (Wildman–Crippen LogP) is 3.78. The molecule has 0 saturated heterocycles. The van der Waals surface area contributed by atoms with E-state index in [0.717, 1.165) is 11.1 Å². The lowest BCUT2D eigenvalue weighted by Crippen LogP contribution is -2.13. The molecule has 0 aliphatic carbocycles. The summed E-state index contributed by atoms with van der Waals surface area (Å²) in [4.78, 5) is 22.5. The summed E-state index contributed by atoms with van der Waals surface area (Å²) < 4.78 is 5.45. The van der Waals surface area contributed by atoms with E-state index in [-0.39, 0.29) is 18.1 Å². The van der Waals surface area contributed by atoms with Crippen LogP contribution >= 0.6 is 0 Å². The summed E-state index contributed by atoms with van der Waals surface area (Å²) in [6, 6.07) is 10.1. The van der Waals surface area contributed by atoms with Crippen molar-refractivity contribution in [2.24, 2.45) is 0 Å². The number of benzene rings is 2. The highest BCUT2D eigenvalue weighted by Gasteiger charge is 2.13. The molecule has 2 aromatic rings. The highest BCUT2D eigenvalue weighted by Crippen LogP contribution is 2.23. The van der Waals surface area contributed by atoms with Gasteiger partial charge in [-0.1, -0.05) is 23.8 Å². The summed E-state index contributed by atoms with van der Waals surface area (Å²) >= 11 is 0. The number of nitro benzene ring substituents is 1. The van der Waals surface area contributed by atoms with Crippen molar-refractivity contribution in [1.29, 1.82) is 0 Å². The van der Waals surface area contributed by atoms with Gasteiger partial charge in [-0.3, -0.25) is 14.9 Å². The molecule has 2 rings (SSSR count).